The van der Waals surface area contributed by atoms with Gasteiger partial charge in [-0.3, -0.25) is 9.36 Å². The van der Waals surface area contributed by atoms with E-state index in [1.165, 1.54) is 5.56 Å². The average molecular weight is 282 g/mol. The lowest BCUT2D eigenvalue weighted by molar-refractivity contribution is 0.450. The van der Waals surface area contributed by atoms with Gasteiger partial charge in [0, 0.05) is 31.4 Å². The molecule has 0 bridgehead atoms. The third kappa shape index (κ3) is 3.36. The van der Waals surface area contributed by atoms with Gasteiger partial charge in [-0.25, -0.2) is 0 Å². The molecule has 6 heteroatoms. The maximum Gasteiger partial charge on any atom is 0.131 e. The first kappa shape index (κ1) is 14.1. The second-order valence-electron chi connectivity index (χ2n) is 5.00. The van der Waals surface area contributed by atoms with Gasteiger partial charge in [-0.2, -0.15) is 10.2 Å². The van der Waals surface area contributed by atoms with Crippen LogP contribution < -0.4 is 5.32 Å². The molecule has 0 spiro atoms. The molecule has 0 amide bonds. The van der Waals surface area contributed by atoms with Crippen LogP contribution in [-0.2, 0) is 20.1 Å². The highest BCUT2D eigenvalue weighted by molar-refractivity contribution is 6.30. The summed E-state index contributed by atoms with van der Waals surface area (Å²) in [6, 6.07) is 0.315. The van der Waals surface area contributed by atoms with Crippen molar-refractivity contribution in [3.05, 3.63) is 34.4 Å². The van der Waals surface area contributed by atoms with E-state index in [-0.39, 0.29) is 0 Å². The molecule has 2 aromatic rings. The Labute approximate surface area is 118 Å². The molecule has 1 atom stereocenters. The quantitative estimate of drug-likeness (QED) is 0.913. The summed E-state index contributed by atoms with van der Waals surface area (Å²) in [5.74, 6) is 0. The maximum absolute atomic E-state index is 6.20. The molecule has 0 unspecified atom stereocenters. The van der Waals surface area contributed by atoms with Crippen molar-refractivity contribution in [1.82, 2.24) is 24.9 Å². The van der Waals surface area contributed by atoms with Crippen molar-refractivity contribution in [2.45, 2.75) is 39.9 Å². The monoisotopic (exact) mass is 281 g/mol. The standard InChI is InChI=1S/C13H20ClN5/c1-9-5-16-19(7-9)8-10(2)15-6-12-11(3)17-18(4)13(12)14/h5,7,10,15H,6,8H2,1-4H3/t10-/m1/s1. The van der Waals surface area contributed by atoms with Crippen molar-refractivity contribution in [1.29, 1.82) is 0 Å². The molecular weight excluding hydrogens is 262 g/mol. The van der Waals surface area contributed by atoms with E-state index in [1.807, 2.05) is 38.0 Å². The molecule has 1 N–H and O–H groups in total. The van der Waals surface area contributed by atoms with Crippen LogP contribution in [0.25, 0.3) is 0 Å². The third-order valence-corrected chi connectivity index (χ3v) is 3.59. The number of hydrogen-bond donors (Lipinski definition) is 1. The van der Waals surface area contributed by atoms with Gasteiger partial charge in [0.2, 0.25) is 0 Å². The van der Waals surface area contributed by atoms with Gasteiger partial charge in [-0.1, -0.05) is 11.6 Å². The minimum Gasteiger partial charge on any atom is -0.308 e. The largest absolute Gasteiger partial charge is 0.308 e. The van der Waals surface area contributed by atoms with Crippen molar-refractivity contribution in [3.8, 4) is 0 Å². The summed E-state index contributed by atoms with van der Waals surface area (Å²) in [5.41, 5.74) is 3.22. The molecule has 0 radical (unpaired) electrons. The van der Waals surface area contributed by atoms with E-state index in [4.69, 9.17) is 11.6 Å². The molecule has 0 saturated carbocycles. The summed E-state index contributed by atoms with van der Waals surface area (Å²) < 4.78 is 3.65. The summed E-state index contributed by atoms with van der Waals surface area (Å²) in [6.45, 7) is 7.71. The van der Waals surface area contributed by atoms with Crippen LogP contribution in [-0.4, -0.2) is 25.6 Å². The summed E-state index contributed by atoms with van der Waals surface area (Å²) >= 11 is 6.20. The summed E-state index contributed by atoms with van der Waals surface area (Å²) in [6.07, 6.45) is 3.91. The molecule has 0 saturated heterocycles. The molecule has 19 heavy (non-hydrogen) atoms. The molecule has 0 aliphatic heterocycles. The highest BCUT2D eigenvalue weighted by Gasteiger charge is 2.12. The third-order valence-electron chi connectivity index (χ3n) is 3.12. The summed E-state index contributed by atoms with van der Waals surface area (Å²) in [4.78, 5) is 0. The number of nitrogens with zero attached hydrogens (tertiary/aromatic N) is 4. The van der Waals surface area contributed by atoms with Crippen LogP contribution in [0.15, 0.2) is 12.4 Å². The first-order valence-corrected chi connectivity index (χ1v) is 6.75. The Morgan fingerprint density at radius 1 is 1.42 bits per heavy atom. The fourth-order valence-electron chi connectivity index (χ4n) is 2.06. The molecule has 0 aliphatic rings. The second-order valence-corrected chi connectivity index (χ2v) is 5.36. The van der Waals surface area contributed by atoms with Crippen LogP contribution in [0.1, 0.15) is 23.7 Å². The Kier molecular flexibility index (Phi) is 4.27. The lowest BCUT2D eigenvalue weighted by Gasteiger charge is -2.13. The first-order valence-electron chi connectivity index (χ1n) is 6.37. The molecule has 104 valence electrons. The topological polar surface area (TPSA) is 47.7 Å². The minimum absolute atomic E-state index is 0.315. The first-order chi connectivity index (χ1) is 8.97. The predicted octanol–water partition coefficient (Wildman–Crippen LogP) is 2.07. The molecule has 5 nitrogen and oxygen atoms in total. The van der Waals surface area contributed by atoms with Gasteiger partial charge in [0.15, 0.2) is 0 Å². The van der Waals surface area contributed by atoms with Crippen molar-refractivity contribution in [2.24, 2.45) is 7.05 Å². The molecule has 2 heterocycles. The van der Waals surface area contributed by atoms with Crippen LogP contribution in [0, 0.1) is 13.8 Å². The van der Waals surface area contributed by atoms with E-state index in [1.54, 1.807) is 4.68 Å². The lowest BCUT2D eigenvalue weighted by atomic mass is 10.2. The van der Waals surface area contributed by atoms with Gasteiger partial charge in [-0.15, -0.1) is 0 Å². The van der Waals surface area contributed by atoms with Crippen molar-refractivity contribution in [2.75, 3.05) is 0 Å². The van der Waals surface area contributed by atoms with Gasteiger partial charge in [-0.05, 0) is 26.3 Å². The van der Waals surface area contributed by atoms with E-state index in [0.717, 1.165) is 24.3 Å². The van der Waals surface area contributed by atoms with Crippen LogP contribution in [0.5, 0.6) is 0 Å². The number of aromatic nitrogens is 4. The predicted molar refractivity (Wildman–Crippen MR) is 76.2 cm³/mol. The van der Waals surface area contributed by atoms with Crippen molar-refractivity contribution < 1.29 is 0 Å². The average Bonchev–Trinajstić information content (AvgIpc) is 2.83. The lowest BCUT2D eigenvalue weighted by Crippen LogP contribution is -2.30. The zero-order valence-electron chi connectivity index (χ0n) is 11.8. The van der Waals surface area contributed by atoms with Crippen LogP contribution in [0.2, 0.25) is 5.15 Å². The number of halogens is 1. The Hall–Kier alpha value is -1.33. The number of rotatable bonds is 5. The normalized spacial score (nSPS) is 12.9. The molecule has 0 aliphatic carbocycles. The Balaban J connectivity index is 1.91. The number of hydrogen-bond acceptors (Lipinski definition) is 3. The second kappa shape index (κ2) is 5.75. The Morgan fingerprint density at radius 2 is 2.16 bits per heavy atom. The van der Waals surface area contributed by atoms with Crippen molar-refractivity contribution in [3.63, 3.8) is 0 Å². The molecular formula is C13H20ClN5. The van der Waals surface area contributed by atoms with E-state index in [2.05, 4.69) is 22.4 Å². The van der Waals surface area contributed by atoms with Crippen LogP contribution >= 0.6 is 11.6 Å². The highest BCUT2D eigenvalue weighted by atomic mass is 35.5. The summed E-state index contributed by atoms with van der Waals surface area (Å²) in [5, 5.41) is 12.7. The number of aryl methyl sites for hydroxylation is 3. The van der Waals surface area contributed by atoms with E-state index in [0.29, 0.717) is 11.2 Å². The van der Waals surface area contributed by atoms with Crippen LogP contribution in [0.4, 0.5) is 0 Å². The van der Waals surface area contributed by atoms with Gasteiger partial charge in [0.1, 0.15) is 5.15 Å². The van der Waals surface area contributed by atoms with E-state index < -0.39 is 0 Å². The molecule has 0 aromatic carbocycles. The molecule has 0 fully saturated rings. The van der Waals surface area contributed by atoms with E-state index >= 15 is 0 Å². The molecule has 2 aromatic heterocycles. The smallest absolute Gasteiger partial charge is 0.131 e. The molecule has 2 rings (SSSR count). The maximum atomic E-state index is 6.20. The Morgan fingerprint density at radius 3 is 2.68 bits per heavy atom. The minimum atomic E-state index is 0.315. The fraction of sp³-hybridized carbons (Fsp3) is 0.538. The highest BCUT2D eigenvalue weighted by Crippen LogP contribution is 2.18. The zero-order valence-corrected chi connectivity index (χ0v) is 12.6. The van der Waals surface area contributed by atoms with Gasteiger partial charge >= 0.3 is 0 Å². The van der Waals surface area contributed by atoms with Gasteiger partial charge in [0.05, 0.1) is 18.4 Å². The van der Waals surface area contributed by atoms with Gasteiger partial charge < -0.3 is 5.32 Å². The number of nitrogens with one attached hydrogen (secondary N) is 1. The zero-order chi connectivity index (χ0) is 14.0. The SMILES string of the molecule is Cc1cnn(C[C@@H](C)NCc2c(C)nn(C)c2Cl)c1. The Bertz CT molecular complexity index is 557. The van der Waals surface area contributed by atoms with E-state index in [9.17, 15) is 0 Å². The van der Waals surface area contributed by atoms with Gasteiger partial charge in [0.25, 0.3) is 0 Å². The van der Waals surface area contributed by atoms with Crippen molar-refractivity contribution >= 4 is 11.6 Å². The fourth-order valence-corrected chi connectivity index (χ4v) is 2.30. The van der Waals surface area contributed by atoms with Crippen LogP contribution in [0.3, 0.4) is 0 Å². The summed E-state index contributed by atoms with van der Waals surface area (Å²) in [7, 11) is 1.86.